The van der Waals surface area contributed by atoms with Gasteiger partial charge in [-0.05, 0) is 31.0 Å². The fourth-order valence-corrected chi connectivity index (χ4v) is 2.10. The maximum Gasteiger partial charge on any atom is 0.336 e. The molecular weight excluding hydrogens is 220 g/mol. The third-order valence-corrected chi connectivity index (χ3v) is 2.97. The molecule has 5 nitrogen and oxygen atoms in total. The third-order valence-electron chi connectivity index (χ3n) is 2.97. The normalized spacial score (nSPS) is 14.9. The molecule has 3 N–H and O–H groups in total. The second-order valence-corrected chi connectivity index (χ2v) is 4.09. The van der Waals surface area contributed by atoms with Crippen LogP contribution in [-0.4, -0.2) is 30.1 Å². The first kappa shape index (κ1) is 11.4. The Morgan fingerprint density at radius 3 is 2.35 bits per heavy atom. The average Bonchev–Trinajstić information content (AvgIpc) is 2.81. The van der Waals surface area contributed by atoms with Gasteiger partial charge in [0.1, 0.15) is 0 Å². The van der Waals surface area contributed by atoms with Crippen LogP contribution in [0.1, 0.15) is 33.6 Å². The van der Waals surface area contributed by atoms with Gasteiger partial charge >= 0.3 is 5.97 Å². The molecule has 1 aliphatic rings. The molecular formula is C12H14N2O3. The molecule has 0 saturated carbocycles. The van der Waals surface area contributed by atoms with E-state index in [9.17, 15) is 9.59 Å². The Morgan fingerprint density at radius 1 is 1.18 bits per heavy atom. The molecule has 0 atom stereocenters. The molecule has 0 bridgehead atoms. The molecule has 0 radical (unpaired) electrons. The number of aromatic carboxylic acids is 1. The van der Waals surface area contributed by atoms with Crippen LogP contribution in [-0.2, 0) is 0 Å². The van der Waals surface area contributed by atoms with Crippen molar-refractivity contribution in [3.63, 3.8) is 0 Å². The SMILES string of the molecule is NC(=O)c1ccc(N2CCCC2)cc1C(=O)O. The van der Waals surface area contributed by atoms with Crippen molar-refractivity contribution < 1.29 is 14.7 Å². The molecule has 1 amide bonds. The number of nitrogens with zero attached hydrogens (tertiary/aromatic N) is 1. The van der Waals surface area contributed by atoms with Gasteiger partial charge < -0.3 is 15.7 Å². The topological polar surface area (TPSA) is 83.6 Å². The molecule has 1 saturated heterocycles. The van der Waals surface area contributed by atoms with E-state index in [0.29, 0.717) is 0 Å². The number of hydrogen-bond acceptors (Lipinski definition) is 3. The summed E-state index contributed by atoms with van der Waals surface area (Å²) in [5, 5.41) is 9.06. The van der Waals surface area contributed by atoms with Crippen molar-refractivity contribution in [1.29, 1.82) is 0 Å². The summed E-state index contributed by atoms with van der Waals surface area (Å²) in [5.74, 6) is -1.84. The molecule has 2 rings (SSSR count). The van der Waals surface area contributed by atoms with E-state index in [-0.39, 0.29) is 11.1 Å². The van der Waals surface area contributed by atoms with Crippen LogP contribution in [0.3, 0.4) is 0 Å². The van der Waals surface area contributed by atoms with Gasteiger partial charge in [-0.1, -0.05) is 0 Å². The number of benzene rings is 1. The van der Waals surface area contributed by atoms with Crippen LogP contribution < -0.4 is 10.6 Å². The Hall–Kier alpha value is -2.04. The number of hydrogen-bond donors (Lipinski definition) is 2. The number of rotatable bonds is 3. The maximum absolute atomic E-state index is 11.1. The minimum absolute atomic E-state index is 0.0260. The highest BCUT2D eigenvalue weighted by molar-refractivity contribution is 6.04. The number of anilines is 1. The van der Waals surface area contributed by atoms with Crippen molar-refractivity contribution in [3.05, 3.63) is 29.3 Å². The summed E-state index contributed by atoms with van der Waals surface area (Å²) in [6.45, 7) is 1.85. The van der Waals surface area contributed by atoms with E-state index in [1.807, 2.05) is 0 Å². The Bertz CT molecular complexity index is 465. The summed E-state index contributed by atoms with van der Waals surface area (Å²) in [7, 11) is 0. The lowest BCUT2D eigenvalue weighted by Gasteiger charge is -2.18. The lowest BCUT2D eigenvalue weighted by Crippen LogP contribution is -2.20. The molecule has 1 aromatic carbocycles. The Morgan fingerprint density at radius 2 is 1.82 bits per heavy atom. The Balaban J connectivity index is 2.41. The number of carbonyl (C=O) groups excluding carboxylic acids is 1. The number of primary amides is 1. The monoisotopic (exact) mass is 234 g/mol. The van der Waals surface area contributed by atoms with Gasteiger partial charge in [-0.3, -0.25) is 4.79 Å². The summed E-state index contributed by atoms with van der Waals surface area (Å²) in [6, 6.07) is 4.76. The number of amides is 1. The Labute approximate surface area is 98.8 Å². The standard InChI is InChI=1S/C12H14N2O3/c13-11(15)9-4-3-8(7-10(9)12(16)17)14-5-1-2-6-14/h3-4,7H,1-2,5-6H2,(H2,13,15)(H,16,17). The number of carboxylic acids is 1. The minimum atomic E-state index is -1.13. The van der Waals surface area contributed by atoms with E-state index in [1.165, 1.54) is 12.1 Å². The van der Waals surface area contributed by atoms with Gasteiger partial charge in [-0.15, -0.1) is 0 Å². The van der Waals surface area contributed by atoms with Crippen molar-refractivity contribution in [1.82, 2.24) is 0 Å². The van der Waals surface area contributed by atoms with Crippen LogP contribution in [0.15, 0.2) is 18.2 Å². The smallest absolute Gasteiger partial charge is 0.336 e. The first-order chi connectivity index (χ1) is 8.09. The highest BCUT2D eigenvalue weighted by Gasteiger charge is 2.18. The van der Waals surface area contributed by atoms with Gasteiger partial charge in [-0.2, -0.15) is 0 Å². The largest absolute Gasteiger partial charge is 0.478 e. The van der Waals surface area contributed by atoms with Crippen molar-refractivity contribution in [2.45, 2.75) is 12.8 Å². The zero-order valence-electron chi connectivity index (χ0n) is 9.35. The van der Waals surface area contributed by atoms with Gasteiger partial charge in [0.2, 0.25) is 5.91 Å². The van der Waals surface area contributed by atoms with E-state index in [1.54, 1.807) is 6.07 Å². The molecule has 1 fully saturated rings. The summed E-state index contributed by atoms with van der Waals surface area (Å²) < 4.78 is 0. The van der Waals surface area contributed by atoms with Gasteiger partial charge in [0, 0.05) is 18.8 Å². The van der Waals surface area contributed by atoms with Crippen LogP contribution in [0.25, 0.3) is 0 Å². The minimum Gasteiger partial charge on any atom is -0.478 e. The van der Waals surface area contributed by atoms with Crippen molar-refractivity contribution >= 4 is 17.6 Å². The molecule has 1 aromatic rings. The Kier molecular flexibility index (Phi) is 2.99. The van der Waals surface area contributed by atoms with Crippen LogP contribution in [0, 0.1) is 0 Å². The van der Waals surface area contributed by atoms with Gasteiger partial charge in [0.15, 0.2) is 0 Å². The molecule has 0 unspecified atom stereocenters. The van der Waals surface area contributed by atoms with Gasteiger partial charge in [0.25, 0.3) is 0 Å². The molecule has 17 heavy (non-hydrogen) atoms. The van der Waals surface area contributed by atoms with Crippen LogP contribution >= 0.6 is 0 Å². The number of nitrogens with two attached hydrogens (primary N) is 1. The van der Waals surface area contributed by atoms with Crippen molar-refractivity contribution in [2.24, 2.45) is 5.73 Å². The molecule has 90 valence electrons. The zero-order valence-corrected chi connectivity index (χ0v) is 9.35. The predicted molar refractivity (Wildman–Crippen MR) is 63.4 cm³/mol. The summed E-state index contributed by atoms with van der Waals surface area (Å²) in [5.41, 5.74) is 6.01. The maximum atomic E-state index is 11.1. The van der Waals surface area contributed by atoms with E-state index in [0.717, 1.165) is 31.6 Å². The van der Waals surface area contributed by atoms with Crippen molar-refractivity contribution in [2.75, 3.05) is 18.0 Å². The fourth-order valence-electron chi connectivity index (χ4n) is 2.10. The fraction of sp³-hybridized carbons (Fsp3) is 0.333. The van der Waals surface area contributed by atoms with Gasteiger partial charge in [0.05, 0.1) is 11.1 Å². The van der Waals surface area contributed by atoms with E-state index in [2.05, 4.69) is 4.90 Å². The third kappa shape index (κ3) is 2.22. The van der Waals surface area contributed by atoms with Crippen molar-refractivity contribution in [3.8, 4) is 0 Å². The molecule has 0 aromatic heterocycles. The zero-order chi connectivity index (χ0) is 12.4. The second-order valence-electron chi connectivity index (χ2n) is 4.09. The average molecular weight is 234 g/mol. The molecule has 5 heteroatoms. The first-order valence-electron chi connectivity index (χ1n) is 5.51. The van der Waals surface area contributed by atoms with E-state index < -0.39 is 11.9 Å². The van der Waals surface area contributed by atoms with Gasteiger partial charge in [-0.25, -0.2) is 4.79 Å². The molecule has 1 heterocycles. The van der Waals surface area contributed by atoms with Crippen LogP contribution in [0.5, 0.6) is 0 Å². The first-order valence-corrected chi connectivity index (χ1v) is 5.51. The van der Waals surface area contributed by atoms with E-state index >= 15 is 0 Å². The van der Waals surface area contributed by atoms with Crippen LogP contribution in [0.4, 0.5) is 5.69 Å². The summed E-state index contributed by atoms with van der Waals surface area (Å²) in [6.07, 6.45) is 2.22. The van der Waals surface area contributed by atoms with E-state index in [4.69, 9.17) is 10.8 Å². The lowest BCUT2D eigenvalue weighted by atomic mass is 10.1. The number of carbonyl (C=O) groups is 2. The predicted octanol–water partition coefficient (Wildman–Crippen LogP) is 1.08. The molecule has 0 aliphatic carbocycles. The molecule has 0 spiro atoms. The lowest BCUT2D eigenvalue weighted by molar-refractivity contribution is 0.0692. The second kappa shape index (κ2) is 4.45. The highest BCUT2D eigenvalue weighted by Crippen LogP contribution is 2.23. The molecule has 1 aliphatic heterocycles. The summed E-state index contributed by atoms with van der Waals surface area (Å²) >= 11 is 0. The summed E-state index contributed by atoms with van der Waals surface area (Å²) in [4.78, 5) is 24.3. The quantitative estimate of drug-likeness (QED) is 0.819. The number of carboxylic acid groups (broad SMARTS) is 1. The highest BCUT2D eigenvalue weighted by atomic mass is 16.4. The van der Waals surface area contributed by atoms with Crippen LogP contribution in [0.2, 0.25) is 0 Å².